The van der Waals surface area contributed by atoms with Crippen LogP contribution in [0.2, 0.25) is 0 Å². The summed E-state index contributed by atoms with van der Waals surface area (Å²) in [7, 11) is 0. The molecule has 8 nitrogen and oxygen atoms in total. The zero-order chi connectivity index (χ0) is 20.7. The lowest BCUT2D eigenvalue weighted by Gasteiger charge is -2.30. The molecular weight excluding hydrogens is 380 g/mol. The molecule has 30 heavy (non-hydrogen) atoms. The van der Waals surface area contributed by atoms with E-state index in [1.165, 1.54) is 0 Å². The molecule has 156 valence electrons. The van der Waals surface area contributed by atoms with Gasteiger partial charge < -0.3 is 20.0 Å². The molecule has 8 heteroatoms. The van der Waals surface area contributed by atoms with Gasteiger partial charge in [0.25, 0.3) is 0 Å². The fourth-order valence-electron chi connectivity index (χ4n) is 4.68. The second-order valence-corrected chi connectivity index (χ2v) is 8.84. The van der Waals surface area contributed by atoms with Crippen LogP contribution in [0.4, 0.5) is 0 Å². The number of carbonyl (C=O) groups is 1. The molecule has 3 N–H and O–H groups in total. The van der Waals surface area contributed by atoms with Crippen LogP contribution in [-0.4, -0.2) is 42.7 Å². The van der Waals surface area contributed by atoms with Crippen molar-refractivity contribution >= 4 is 28.0 Å². The number of hydrogen-bond donors (Lipinski definition) is 3. The Hall–Kier alpha value is -2.92. The molecule has 0 aliphatic heterocycles. The molecular formula is C22H26N6O2. The molecule has 0 bridgehead atoms. The SMILES string of the molecule is N#CC[C@H]1CC[C@H](n2c(CC(=O)NCC3(O)CC3)nc3cnc4[nH]ccc4c32)CC1. The van der Waals surface area contributed by atoms with E-state index in [1.807, 2.05) is 12.3 Å². The highest BCUT2D eigenvalue weighted by atomic mass is 16.3. The van der Waals surface area contributed by atoms with Crippen molar-refractivity contribution in [1.82, 2.24) is 24.8 Å². The van der Waals surface area contributed by atoms with E-state index in [9.17, 15) is 9.90 Å². The van der Waals surface area contributed by atoms with Gasteiger partial charge in [-0.1, -0.05) is 0 Å². The van der Waals surface area contributed by atoms with Gasteiger partial charge in [0.05, 0.1) is 29.8 Å². The van der Waals surface area contributed by atoms with Crippen molar-refractivity contribution in [3.63, 3.8) is 0 Å². The average Bonchev–Trinajstić information content (AvgIpc) is 3.14. The van der Waals surface area contributed by atoms with Gasteiger partial charge in [0.2, 0.25) is 5.91 Å². The summed E-state index contributed by atoms with van der Waals surface area (Å²) in [4.78, 5) is 25.0. The summed E-state index contributed by atoms with van der Waals surface area (Å²) in [5.41, 5.74) is 1.92. The fourth-order valence-corrected chi connectivity index (χ4v) is 4.68. The monoisotopic (exact) mass is 406 g/mol. The van der Waals surface area contributed by atoms with Gasteiger partial charge in [-0.2, -0.15) is 5.26 Å². The molecule has 0 aromatic carbocycles. The van der Waals surface area contributed by atoms with Gasteiger partial charge in [-0.25, -0.2) is 9.97 Å². The number of carbonyl (C=O) groups excluding carboxylic acids is 1. The van der Waals surface area contributed by atoms with E-state index in [2.05, 4.69) is 25.9 Å². The lowest BCUT2D eigenvalue weighted by molar-refractivity contribution is -0.121. The summed E-state index contributed by atoms with van der Waals surface area (Å²) >= 11 is 0. The van der Waals surface area contributed by atoms with Crippen molar-refractivity contribution in [1.29, 1.82) is 5.26 Å². The number of amides is 1. The van der Waals surface area contributed by atoms with E-state index < -0.39 is 5.60 Å². The van der Waals surface area contributed by atoms with Crippen molar-refractivity contribution in [2.75, 3.05) is 6.54 Å². The van der Waals surface area contributed by atoms with Crippen molar-refractivity contribution < 1.29 is 9.90 Å². The smallest absolute Gasteiger partial charge is 0.227 e. The normalized spacial score (nSPS) is 22.8. The Morgan fingerprint density at radius 2 is 2.17 bits per heavy atom. The summed E-state index contributed by atoms with van der Waals surface area (Å²) in [6, 6.07) is 4.56. The number of nitriles is 1. The molecule has 3 aromatic rings. The van der Waals surface area contributed by atoms with Crippen LogP contribution in [0.25, 0.3) is 22.1 Å². The summed E-state index contributed by atoms with van der Waals surface area (Å²) < 4.78 is 2.24. The van der Waals surface area contributed by atoms with Crippen LogP contribution in [0.15, 0.2) is 18.5 Å². The van der Waals surface area contributed by atoms with Crippen molar-refractivity contribution in [3.05, 3.63) is 24.3 Å². The molecule has 2 fully saturated rings. The maximum Gasteiger partial charge on any atom is 0.227 e. The third-order valence-electron chi connectivity index (χ3n) is 6.63. The van der Waals surface area contributed by atoms with Crippen LogP contribution < -0.4 is 5.32 Å². The molecule has 1 amide bonds. The number of rotatable bonds is 6. The third kappa shape index (κ3) is 3.54. The zero-order valence-corrected chi connectivity index (χ0v) is 16.9. The Morgan fingerprint density at radius 1 is 1.37 bits per heavy atom. The van der Waals surface area contributed by atoms with Crippen LogP contribution in [0.5, 0.6) is 0 Å². The first-order valence-corrected chi connectivity index (χ1v) is 10.8. The summed E-state index contributed by atoms with van der Waals surface area (Å²) in [6.45, 7) is 0.301. The molecule has 3 heterocycles. The lowest BCUT2D eigenvalue weighted by atomic mass is 9.84. The standard InChI is InChI=1S/C22H26N6O2/c23-9-5-14-1-3-15(4-2-14)28-18(11-19(29)26-13-22(30)7-8-22)27-17-12-25-21-16(20(17)28)6-10-24-21/h6,10,12,14-15,30H,1-5,7-8,11,13H2,(H,24,25)(H,26,29)/t14-,15-. The number of nitrogens with one attached hydrogen (secondary N) is 2. The Balaban J connectivity index is 1.47. The van der Waals surface area contributed by atoms with Gasteiger partial charge in [-0.3, -0.25) is 4.79 Å². The van der Waals surface area contributed by atoms with Gasteiger partial charge in [0, 0.05) is 30.6 Å². The predicted molar refractivity (Wildman–Crippen MR) is 112 cm³/mol. The van der Waals surface area contributed by atoms with Crippen LogP contribution in [0, 0.1) is 17.2 Å². The van der Waals surface area contributed by atoms with E-state index in [1.54, 1.807) is 6.20 Å². The average molecular weight is 406 g/mol. The van der Waals surface area contributed by atoms with Gasteiger partial charge in [-0.05, 0) is 50.5 Å². The minimum Gasteiger partial charge on any atom is -0.388 e. The predicted octanol–water partition coefficient (Wildman–Crippen LogP) is 2.74. The Bertz CT molecular complexity index is 1130. The number of hydrogen-bond acceptors (Lipinski definition) is 5. The molecule has 3 aromatic heterocycles. The maximum atomic E-state index is 12.6. The summed E-state index contributed by atoms with van der Waals surface area (Å²) in [5.74, 6) is 1.08. The first-order chi connectivity index (χ1) is 14.6. The van der Waals surface area contributed by atoms with Crippen molar-refractivity contribution in [3.8, 4) is 6.07 Å². The van der Waals surface area contributed by atoms with Crippen molar-refractivity contribution in [2.24, 2.45) is 5.92 Å². The molecule has 2 aliphatic carbocycles. The second kappa shape index (κ2) is 7.40. The van der Waals surface area contributed by atoms with E-state index in [4.69, 9.17) is 10.2 Å². The molecule has 2 aliphatic rings. The topological polar surface area (TPSA) is 120 Å². The number of aromatic nitrogens is 4. The van der Waals surface area contributed by atoms with Crippen LogP contribution in [-0.2, 0) is 11.2 Å². The number of pyridine rings is 1. The highest BCUT2D eigenvalue weighted by Crippen LogP contribution is 2.38. The largest absolute Gasteiger partial charge is 0.388 e. The minimum atomic E-state index is -0.712. The maximum absolute atomic E-state index is 12.6. The van der Waals surface area contributed by atoms with E-state index in [0.717, 1.165) is 66.4 Å². The minimum absolute atomic E-state index is 0.122. The Labute approximate surface area is 174 Å². The van der Waals surface area contributed by atoms with Gasteiger partial charge in [-0.15, -0.1) is 0 Å². The molecule has 0 unspecified atom stereocenters. The molecule has 0 radical (unpaired) electrons. The summed E-state index contributed by atoms with van der Waals surface area (Å²) in [5, 5.41) is 22.9. The first kappa shape index (κ1) is 19.1. The van der Waals surface area contributed by atoms with Crippen molar-refractivity contribution in [2.45, 2.75) is 63.0 Å². The first-order valence-electron chi connectivity index (χ1n) is 10.8. The Morgan fingerprint density at radius 3 is 2.90 bits per heavy atom. The highest BCUT2D eigenvalue weighted by molar-refractivity contribution is 6.01. The number of H-pyrrole nitrogens is 1. The van der Waals surface area contributed by atoms with Crippen LogP contribution in [0.3, 0.4) is 0 Å². The van der Waals surface area contributed by atoms with Gasteiger partial charge in [0.15, 0.2) is 0 Å². The number of nitrogens with zero attached hydrogens (tertiary/aromatic N) is 4. The zero-order valence-electron chi connectivity index (χ0n) is 16.9. The number of aromatic amines is 1. The third-order valence-corrected chi connectivity index (χ3v) is 6.63. The van der Waals surface area contributed by atoms with E-state index in [0.29, 0.717) is 18.9 Å². The number of fused-ring (bicyclic) bond motifs is 3. The van der Waals surface area contributed by atoms with Gasteiger partial charge >= 0.3 is 0 Å². The molecule has 2 saturated carbocycles. The quantitative estimate of drug-likeness (QED) is 0.581. The number of aliphatic hydroxyl groups is 1. The highest BCUT2D eigenvalue weighted by Gasteiger charge is 2.40. The van der Waals surface area contributed by atoms with Crippen LogP contribution >= 0.6 is 0 Å². The molecule has 0 spiro atoms. The van der Waals surface area contributed by atoms with E-state index in [-0.39, 0.29) is 18.4 Å². The lowest BCUT2D eigenvalue weighted by Crippen LogP contribution is -2.35. The molecule has 5 rings (SSSR count). The van der Waals surface area contributed by atoms with Gasteiger partial charge in [0.1, 0.15) is 17.0 Å². The second-order valence-electron chi connectivity index (χ2n) is 8.84. The fraction of sp³-hybridized carbons (Fsp3) is 0.545. The number of imidazole rings is 1. The van der Waals surface area contributed by atoms with Crippen LogP contribution in [0.1, 0.15) is 56.8 Å². The molecule has 0 atom stereocenters. The summed E-state index contributed by atoms with van der Waals surface area (Å²) in [6.07, 6.45) is 9.89. The molecule has 0 saturated heterocycles. The van der Waals surface area contributed by atoms with E-state index >= 15 is 0 Å². The Kier molecular flexibility index (Phi) is 4.70.